The molecule has 2 saturated carbocycles. The monoisotopic (exact) mass is 352 g/mol. The van der Waals surface area contributed by atoms with Crippen molar-refractivity contribution < 1.29 is 19.2 Å². The van der Waals surface area contributed by atoms with Gasteiger partial charge < -0.3 is 0 Å². The second-order valence-electron chi connectivity index (χ2n) is 7.95. The van der Waals surface area contributed by atoms with E-state index in [1.807, 2.05) is 12.2 Å². The van der Waals surface area contributed by atoms with Crippen LogP contribution < -0.4 is 0 Å². The Labute approximate surface area is 151 Å². The summed E-state index contributed by atoms with van der Waals surface area (Å²) >= 11 is 0. The van der Waals surface area contributed by atoms with Crippen LogP contribution in [0.3, 0.4) is 0 Å². The number of imide groups is 2. The Kier molecular flexibility index (Phi) is 3.04. The first kappa shape index (κ1) is 15.7. The van der Waals surface area contributed by atoms with Crippen LogP contribution in [0.2, 0.25) is 0 Å². The zero-order valence-corrected chi connectivity index (χ0v) is 14.3. The molecule has 4 amide bonds. The fraction of sp³-hybridized carbons (Fsp3) is 0.500. The molecule has 6 nitrogen and oxygen atoms in total. The largest absolute Gasteiger partial charge is 0.278 e. The van der Waals surface area contributed by atoms with Crippen molar-refractivity contribution in [2.24, 2.45) is 47.3 Å². The third-order valence-electron chi connectivity index (χ3n) is 7.15. The quantitative estimate of drug-likeness (QED) is 0.549. The van der Waals surface area contributed by atoms with E-state index in [-0.39, 0.29) is 72.2 Å². The Morgan fingerprint density at radius 1 is 0.692 bits per heavy atom. The van der Waals surface area contributed by atoms with Gasteiger partial charge in [0.05, 0.1) is 23.7 Å². The molecule has 2 bridgehead atoms. The number of likely N-dealkylation sites (tertiary alicyclic amines) is 2. The number of carbonyl (C=O) groups excluding carboxylic acids is 4. The topological polar surface area (TPSA) is 74.8 Å². The molecule has 6 heteroatoms. The van der Waals surface area contributed by atoms with Crippen molar-refractivity contribution >= 4 is 23.6 Å². The van der Waals surface area contributed by atoms with Crippen molar-refractivity contribution in [1.82, 2.24) is 9.80 Å². The van der Waals surface area contributed by atoms with Gasteiger partial charge in [0.1, 0.15) is 0 Å². The SMILES string of the molecule is C=CCN1C(=O)[C@@H]2[C@@H](C1=O)[C@H]1[C@@H]3C=C[C@H]([C@H]4C(=O)N(CC=C)C(=O)[C@@H]34)[C@H]21. The van der Waals surface area contributed by atoms with Crippen molar-refractivity contribution in [3.05, 3.63) is 37.5 Å². The summed E-state index contributed by atoms with van der Waals surface area (Å²) in [6, 6.07) is 0. The van der Waals surface area contributed by atoms with Crippen molar-refractivity contribution in [2.45, 2.75) is 0 Å². The number of fused-ring (bicyclic) bond motifs is 1. The van der Waals surface area contributed by atoms with Crippen molar-refractivity contribution in [3.63, 3.8) is 0 Å². The van der Waals surface area contributed by atoms with E-state index >= 15 is 0 Å². The minimum Gasteiger partial charge on any atom is -0.278 e. The highest BCUT2D eigenvalue weighted by Crippen LogP contribution is 2.68. The van der Waals surface area contributed by atoms with Crippen LogP contribution in [0.1, 0.15) is 0 Å². The van der Waals surface area contributed by atoms with E-state index < -0.39 is 11.8 Å². The average molecular weight is 352 g/mol. The summed E-state index contributed by atoms with van der Waals surface area (Å²) < 4.78 is 0. The van der Waals surface area contributed by atoms with Crippen LogP contribution in [0.15, 0.2) is 37.5 Å². The molecule has 6 rings (SSSR count). The van der Waals surface area contributed by atoms with Gasteiger partial charge in [0.2, 0.25) is 23.6 Å². The van der Waals surface area contributed by atoms with Gasteiger partial charge in [-0.25, -0.2) is 0 Å². The Balaban J connectivity index is 1.53. The third-order valence-corrected chi connectivity index (χ3v) is 7.15. The Bertz CT molecular complexity index is 759. The van der Waals surface area contributed by atoms with E-state index in [9.17, 15) is 19.2 Å². The van der Waals surface area contributed by atoms with Crippen LogP contribution in [-0.4, -0.2) is 46.5 Å². The molecule has 6 aliphatic rings. The van der Waals surface area contributed by atoms with Gasteiger partial charge in [0.15, 0.2) is 0 Å². The molecule has 4 fully saturated rings. The van der Waals surface area contributed by atoms with Gasteiger partial charge >= 0.3 is 0 Å². The van der Waals surface area contributed by atoms with E-state index in [1.165, 1.54) is 9.80 Å². The molecule has 0 aromatic rings. The maximum absolute atomic E-state index is 12.9. The number of allylic oxidation sites excluding steroid dienone is 2. The number of hydrogen-bond donors (Lipinski definition) is 0. The molecule has 2 heterocycles. The van der Waals surface area contributed by atoms with Gasteiger partial charge in [-0.05, 0) is 23.7 Å². The van der Waals surface area contributed by atoms with Gasteiger partial charge in [0.25, 0.3) is 0 Å². The van der Waals surface area contributed by atoms with Crippen molar-refractivity contribution in [2.75, 3.05) is 13.1 Å². The fourth-order valence-corrected chi connectivity index (χ4v) is 6.34. The lowest BCUT2D eigenvalue weighted by Crippen LogP contribution is -2.63. The van der Waals surface area contributed by atoms with Crippen molar-refractivity contribution in [3.8, 4) is 0 Å². The van der Waals surface area contributed by atoms with E-state index in [1.54, 1.807) is 12.2 Å². The number of carbonyl (C=O) groups is 4. The highest BCUT2D eigenvalue weighted by molar-refractivity contribution is 6.09. The fourth-order valence-electron chi connectivity index (χ4n) is 6.34. The molecule has 0 radical (unpaired) electrons. The molecule has 0 unspecified atom stereocenters. The molecule has 2 aliphatic heterocycles. The molecule has 0 aromatic carbocycles. The second-order valence-corrected chi connectivity index (χ2v) is 7.95. The normalized spacial score (nSPS) is 44.8. The van der Waals surface area contributed by atoms with E-state index in [4.69, 9.17) is 0 Å². The maximum atomic E-state index is 12.9. The number of nitrogens with zero attached hydrogens (tertiary/aromatic N) is 2. The van der Waals surface area contributed by atoms with E-state index in [0.29, 0.717) is 0 Å². The minimum atomic E-state index is -0.393. The Morgan fingerprint density at radius 2 is 1.04 bits per heavy atom. The summed E-state index contributed by atoms with van der Waals surface area (Å²) in [5, 5.41) is 0. The number of rotatable bonds is 4. The molecule has 2 saturated heterocycles. The van der Waals surface area contributed by atoms with Crippen LogP contribution in [-0.2, 0) is 19.2 Å². The van der Waals surface area contributed by atoms with Crippen LogP contribution in [0, 0.1) is 47.3 Å². The molecule has 4 aliphatic carbocycles. The third kappa shape index (κ3) is 1.54. The molecule has 134 valence electrons. The number of amides is 4. The lowest BCUT2D eigenvalue weighted by Gasteiger charge is -2.60. The molecular weight excluding hydrogens is 332 g/mol. The average Bonchev–Trinajstić information content (AvgIpc) is 2.97. The molecular formula is C20H20N2O4. The predicted octanol–water partition coefficient (Wildman–Crippen LogP) is 0.623. The summed E-state index contributed by atoms with van der Waals surface area (Å²) in [7, 11) is 0. The van der Waals surface area contributed by atoms with Crippen molar-refractivity contribution in [1.29, 1.82) is 0 Å². The molecule has 0 N–H and O–H groups in total. The standard InChI is InChI=1S/C20H20N2O4/c1-3-7-21-17(23)13-9-5-6-10(14(13)18(21)24)12-11(9)15-16(12)20(26)22(8-4-2)19(15)25/h3-6,9-16H,1-2,7-8H2/t9-,10-,11-,12-,13-,14+,15-,16-/m0/s1. The summed E-state index contributed by atoms with van der Waals surface area (Å²) in [6.45, 7) is 7.71. The summed E-state index contributed by atoms with van der Waals surface area (Å²) in [6.07, 6.45) is 7.15. The van der Waals surface area contributed by atoms with Gasteiger partial charge in [-0.1, -0.05) is 24.3 Å². The van der Waals surface area contributed by atoms with Crippen LogP contribution in [0.5, 0.6) is 0 Å². The van der Waals surface area contributed by atoms with Gasteiger partial charge in [-0.3, -0.25) is 29.0 Å². The second kappa shape index (κ2) is 5.02. The van der Waals surface area contributed by atoms with Gasteiger partial charge in [-0.2, -0.15) is 0 Å². The van der Waals surface area contributed by atoms with Crippen LogP contribution in [0.4, 0.5) is 0 Å². The Morgan fingerprint density at radius 3 is 1.38 bits per heavy atom. The highest BCUT2D eigenvalue weighted by Gasteiger charge is 2.74. The molecule has 0 spiro atoms. The lowest BCUT2D eigenvalue weighted by atomic mass is 9.40. The first-order chi connectivity index (χ1) is 12.5. The lowest BCUT2D eigenvalue weighted by molar-refractivity contribution is -0.166. The molecule has 0 aromatic heterocycles. The Hall–Kier alpha value is -2.50. The summed E-state index contributed by atoms with van der Waals surface area (Å²) in [4.78, 5) is 53.8. The zero-order valence-electron chi connectivity index (χ0n) is 14.3. The van der Waals surface area contributed by atoms with Crippen LogP contribution >= 0.6 is 0 Å². The highest BCUT2D eigenvalue weighted by atomic mass is 16.2. The predicted molar refractivity (Wildman–Crippen MR) is 90.9 cm³/mol. The molecule has 26 heavy (non-hydrogen) atoms. The van der Waals surface area contributed by atoms with E-state index in [2.05, 4.69) is 13.2 Å². The van der Waals surface area contributed by atoms with Gasteiger partial charge in [0, 0.05) is 13.1 Å². The van der Waals surface area contributed by atoms with Gasteiger partial charge in [-0.15, -0.1) is 13.2 Å². The number of hydrogen-bond acceptors (Lipinski definition) is 4. The zero-order chi connectivity index (χ0) is 18.3. The molecule has 8 atom stereocenters. The van der Waals surface area contributed by atoms with Crippen LogP contribution in [0.25, 0.3) is 0 Å². The summed E-state index contributed by atoms with van der Waals surface area (Å²) in [5.41, 5.74) is 0. The first-order valence-electron chi connectivity index (χ1n) is 9.13. The maximum Gasteiger partial charge on any atom is 0.234 e. The summed E-state index contributed by atoms with van der Waals surface area (Å²) in [5.74, 6) is -2.35. The smallest absolute Gasteiger partial charge is 0.234 e. The minimum absolute atomic E-state index is 0.0112. The first-order valence-corrected chi connectivity index (χ1v) is 9.13. The van der Waals surface area contributed by atoms with E-state index in [0.717, 1.165) is 0 Å².